The summed E-state index contributed by atoms with van der Waals surface area (Å²) in [6.45, 7) is 1.95. The number of aromatic nitrogens is 2. The van der Waals surface area contributed by atoms with E-state index in [0.29, 0.717) is 21.6 Å². The summed E-state index contributed by atoms with van der Waals surface area (Å²) in [4.78, 5) is 22.7. The molecule has 2 amide bonds. The molecule has 6 nitrogen and oxygen atoms in total. The quantitative estimate of drug-likeness (QED) is 0.844. The van der Waals surface area contributed by atoms with Crippen LogP contribution in [0.2, 0.25) is 10.0 Å². The SMILES string of the molecule is O=C(Nc1cc(Cl)cc(Cl)c1)Nc1cc(N2CCCCC2)ncn1. The number of hydrogen-bond donors (Lipinski definition) is 2. The molecule has 0 saturated carbocycles. The molecule has 2 N–H and O–H groups in total. The van der Waals surface area contributed by atoms with Gasteiger partial charge in [-0.1, -0.05) is 23.2 Å². The van der Waals surface area contributed by atoms with Crippen LogP contribution in [0.15, 0.2) is 30.6 Å². The van der Waals surface area contributed by atoms with E-state index in [1.165, 1.54) is 12.7 Å². The Morgan fingerprint density at radius 2 is 1.67 bits per heavy atom. The van der Waals surface area contributed by atoms with E-state index in [0.717, 1.165) is 31.7 Å². The lowest BCUT2D eigenvalue weighted by molar-refractivity contribution is 0.262. The summed E-state index contributed by atoms with van der Waals surface area (Å²) in [6, 6.07) is 6.19. The van der Waals surface area contributed by atoms with Gasteiger partial charge >= 0.3 is 6.03 Å². The number of carbonyl (C=O) groups is 1. The lowest BCUT2D eigenvalue weighted by atomic mass is 10.1. The minimum Gasteiger partial charge on any atom is -0.356 e. The zero-order valence-corrected chi connectivity index (χ0v) is 14.4. The number of rotatable bonds is 3. The lowest BCUT2D eigenvalue weighted by Gasteiger charge is -2.27. The highest BCUT2D eigenvalue weighted by molar-refractivity contribution is 6.35. The number of anilines is 3. The number of piperidine rings is 1. The Bertz CT molecular complexity index is 714. The van der Waals surface area contributed by atoms with Crippen LogP contribution >= 0.6 is 23.2 Å². The normalized spacial score (nSPS) is 14.3. The van der Waals surface area contributed by atoms with Gasteiger partial charge in [0, 0.05) is 34.9 Å². The van der Waals surface area contributed by atoms with Crippen LogP contribution in [0.1, 0.15) is 19.3 Å². The highest BCUT2D eigenvalue weighted by atomic mass is 35.5. The van der Waals surface area contributed by atoms with E-state index in [2.05, 4.69) is 25.5 Å². The molecular formula is C16H17Cl2N5O. The number of nitrogens with one attached hydrogen (secondary N) is 2. The highest BCUT2D eigenvalue weighted by Crippen LogP contribution is 2.23. The Hall–Kier alpha value is -2.05. The number of amides is 2. The number of hydrogen-bond acceptors (Lipinski definition) is 4. The van der Waals surface area contributed by atoms with Gasteiger partial charge in [0.25, 0.3) is 0 Å². The first kappa shape index (κ1) is 16.8. The van der Waals surface area contributed by atoms with E-state index in [-0.39, 0.29) is 0 Å². The molecule has 0 aliphatic carbocycles. The second kappa shape index (κ2) is 7.68. The van der Waals surface area contributed by atoms with Gasteiger partial charge in [-0.15, -0.1) is 0 Å². The average Bonchev–Trinajstić information content (AvgIpc) is 2.55. The third-order valence-electron chi connectivity index (χ3n) is 3.69. The second-order valence-electron chi connectivity index (χ2n) is 5.55. The van der Waals surface area contributed by atoms with Gasteiger partial charge in [-0.3, -0.25) is 5.32 Å². The number of nitrogens with zero attached hydrogens (tertiary/aromatic N) is 3. The summed E-state index contributed by atoms with van der Waals surface area (Å²) < 4.78 is 0. The maximum absolute atomic E-state index is 12.1. The smallest absolute Gasteiger partial charge is 0.324 e. The topological polar surface area (TPSA) is 70.2 Å². The number of benzene rings is 1. The molecule has 1 aromatic carbocycles. The number of halogens is 2. The van der Waals surface area contributed by atoms with Gasteiger partial charge in [0.15, 0.2) is 0 Å². The van der Waals surface area contributed by atoms with Crippen molar-refractivity contribution in [2.24, 2.45) is 0 Å². The molecule has 24 heavy (non-hydrogen) atoms. The van der Waals surface area contributed by atoms with Crippen LogP contribution in [0.25, 0.3) is 0 Å². The molecule has 2 aromatic rings. The number of carbonyl (C=O) groups excluding carboxylic acids is 1. The van der Waals surface area contributed by atoms with E-state index in [1.807, 2.05) is 0 Å². The number of urea groups is 1. The van der Waals surface area contributed by atoms with Gasteiger partial charge in [-0.2, -0.15) is 0 Å². The standard InChI is InChI=1S/C16H17Cl2N5O/c17-11-6-12(18)8-13(7-11)21-16(24)22-14-9-15(20-10-19-14)23-4-2-1-3-5-23/h6-10H,1-5H2,(H2,19,20,21,22,24). The van der Waals surface area contributed by atoms with E-state index in [1.54, 1.807) is 24.3 Å². The Morgan fingerprint density at radius 1 is 0.958 bits per heavy atom. The van der Waals surface area contributed by atoms with Gasteiger partial charge in [0.2, 0.25) is 0 Å². The van der Waals surface area contributed by atoms with Gasteiger partial charge in [0.05, 0.1) is 0 Å². The van der Waals surface area contributed by atoms with Crippen LogP contribution in [0.3, 0.4) is 0 Å². The summed E-state index contributed by atoms with van der Waals surface area (Å²) >= 11 is 11.8. The molecule has 1 fully saturated rings. The van der Waals surface area contributed by atoms with Crippen molar-refractivity contribution in [1.29, 1.82) is 0 Å². The molecule has 3 rings (SSSR count). The largest absolute Gasteiger partial charge is 0.356 e. The summed E-state index contributed by atoms with van der Waals surface area (Å²) in [5.74, 6) is 1.27. The van der Waals surface area contributed by atoms with Gasteiger partial charge in [-0.05, 0) is 37.5 Å². The molecule has 126 valence electrons. The van der Waals surface area contributed by atoms with Crippen LogP contribution in [-0.4, -0.2) is 29.1 Å². The first-order valence-electron chi connectivity index (χ1n) is 7.71. The summed E-state index contributed by atoms with van der Waals surface area (Å²) in [5, 5.41) is 6.28. The monoisotopic (exact) mass is 365 g/mol. The molecule has 1 saturated heterocycles. The molecule has 1 aromatic heterocycles. The predicted octanol–water partition coefficient (Wildman–Crippen LogP) is 4.42. The molecule has 0 unspecified atom stereocenters. The molecular weight excluding hydrogens is 349 g/mol. The van der Waals surface area contributed by atoms with E-state index < -0.39 is 6.03 Å². The van der Waals surface area contributed by atoms with Crippen molar-refractivity contribution in [3.63, 3.8) is 0 Å². The van der Waals surface area contributed by atoms with Crippen molar-refractivity contribution in [2.75, 3.05) is 28.6 Å². The van der Waals surface area contributed by atoms with E-state index in [9.17, 15) is 4.79 Å². The predicted molar refractivity (Wildman–Crippen MR) is 97.2 cm³/mol. The minimum absolute atomic E-state index is 0.420. The molecule has 0 atom stereocenters. The van der Waals surface area contributed by atoms with Crippen LogP contribution in [0, 0.1) is 0 Å². The molecule has 8 heteroatoms. The molecule has 1 aliphatic rings. The van der Waals surface area contributed by atoms with Gasteiger partial charge in [-0.25, -0.2) is 14.8 Å². The lowest BCUT2D eigenvalue weighted by Crippen LogP contribution is -2.30. The maximum atomic E-state index is 12.1. The fourth-order valence-corrected chi connectivity index (χ4v) is 3.14. The fourth-order valence-electron chi connectivity index (χ4n) is 2.62. The Kier molecular flexibility index (Phi) is 5.37. The zero-order chi connectivity index (χ0) is 16.9. The Labute approximate surface area is 150 Å². The first-order chi connectivity index (χ1) is 11.6. The molecule has 0 spiro atoms. The van der Waals surface area contributed by atoms with Crippen molar-refractivity contribution in [2.45, 2.75) is 19.3 Å². The van der Waals surface area contributed by atoms with E-state index >= 15 is 0 Å². The van der Waals surface area contributed by atoms with Crippen LogP contribution in [-0.2, 0) is 0 Å². The van der Waals surface area contributed by atoms with Gasteiger partial charge < -0.3 is 10.2 Å². The second-order valence-corrected chi connectivity index (χ2v) is 6.42. The third-order valence-corrected chi connectivity index (χ3v) is 4.13. The van der Waals surface area contributed by atoms with Crippen molar-refractivity contribution in [3.8, 4) is 0 Å². The van der Waals surface area contributed by atoms with Crippen LogP contribution in [0.5, 0.6) is 0 Å². The maximum Gasteiger partial charge on any atom is 0.324 e. The molecule has 0 bridgehead atoms. The fraction of sp³-hybridized carbons (Fsp3) is 0.312. The van der Waals surface area contributed by atoms with Crippen LogP contribution < -0.4 is 15.5 Å². The first-order valence-corrected chi connectivity index (χ1v) is 8.47. The summed E-state index contributed by atoms with van der Waals surface area (Å²) in [5.41, 5.74) is 0.510. The van der Waals surface area contributed by atoms with Crippen molar-refractivity contribution >= 4 is 46.6 Å². The van der Waals surface area contributed by atoms with Crippen molar-refractivity contribution < 1.29 is 4.79 Å². The van der Waals surface area contributed by atoms with Crippen molar-refractivity contribution in [1.82, 2.24) is 9.97 Å². The average molecular weight is 366 g/mol. The summed E-state index contributed by atoms with van der Waals surface area (Å²) in [7, 11) is 0. The summed E-state index contributed by atoms with van der Waals surface area (Å²) in [6.07, 6.45) is 5.01. The van der Waals surface area contributed by atoms with E-state index in [4.69, 9.17) is 23.2 Å². The molecule has 1 aliphatic heterocycles. The molecule has 0 radical (unpaired) electrons. The third kappa shape index (κ3) is 4.49. The minimum atomic E-state index is -0.420. The van der Waals surface area contributed by atoms with Crippen LogP contribution in [0.4, 0.5) is 22.1 Å². The Balaban J connectivity index is 1.65. The molecule has 2 heterocycles. The zero-order valence-electron chi connectivity index (χ0n) is 12.9. The highest BCUT2D eigenvalue weighted by Gasteiger charge is 2.13. The Morgan fingerprint density at radius 3 is 2.38 bits per heavy atom. The van der Waals surface area contributed by atoms with Crippen molar-refractivity contribution in [3.05, 3.63) is 40.6 Å². The van der Waals surface area contributed by atoms with Gasteiger partial charge in [0.1, 0.15) is 18.0 Å².